The van der Waals surface area contributed by atoms with Crippen molar-refractivity contribution < 1.29 is 18.7 Å². The lowest BCUT2D eigenvalue weighted by molar-refractivity contribution is -0.127. The molecule has 6 atom stereocenters. The highest BCUT2D eigenvalue weighted by Crippen LogP contribution is 2.57. The van der Waals surface area contributed by atoms with Gasteiger partial charge in [0.05, 0.1) is 24.0 Å². The van der Waals surface area contributed by atoms with Gasteiger partial charge >= 0.3 is 0 Å². The molecule has 2 aromatic rings. The van der Waals surface area contributed by atoms with E-state index in [1.165, 1.54) is 12.3 Å². The van der Waals surface area contributed by atoms with E-state index in [1.54, 1.807) is 6.07 Å². The Morgan fingerprint density at radius 1 is 1.04 bits per heavy atom. The monoisotopic (exact) mass is 379 g/mol. The van der Waals surface area contributed by atoms with Crippen molar-refractivity contribution >= 4 is 11.6 Å². The first-order valence-corrected chi connectivity index (χ1v) is 9.79. The summed E-state index contributed by atoms with van der Waals surface area (Å²) in [6, 6.07) is 7.12. The molecule has 2 saturated heterocycles. The Morgan fingerprint density at radius 3 is 2.36 bits per heavy atom. The zero-order valence-corrected chi connectivity index (χ0v) is 16.1. The molecule has 5 rings (SSSR count). The van der Waals surface area contributed by atoms with Gasteiger partial charge in [-0.15, -0.1) is 0 Å². The maximum atomic E-state index is 13.4. The Balaban J connectivity index is 1.51. The fraction of sp³-hybridized carbons (Fsp3) is 0.435. The predicted molar refractivity (Wildman–Crippen MR) is 101 cm³/mol. The van der Waals surface area contributed by atoms with Gasteiger partial charge in [-0.05, 0) is 55.5 Å². The number of carbonyl (C=O) groups excluding carboxylic acids is 2. The fourth-order valence-corrected chi connectivity index (χ4v) is 5.83. The number of carbonyl (C=O) groups is 2. The average Bonchev–Trinajstić information content (AvgIpc) is 3.29. The number of hydrogen-bond donors (Lipinski definition) is 0. The minimum absolute atomic E-state index is 0.00762. The largest absolute Gasteiger partial charge is 0.373 e. The third-order valence-corrected chi connectivity index (χ3v) is 6.79. The lowest BCUT2D eigenvalue weighted by Crippen LogP contribution is -2.34. The van der Waals surface area contributed by atoms with Crippen LogP contribution in [0.4, 0.5) is 4.39 Å². The quantitative estimate of drug-likeness (QED) is 0.591. The predicted octanol–water partition coefficient (Wildman–Crippen LogP) is 3.57. The first-order chi connectivity index (χ1) is 13.4. The smallest absolute Gasteiger partial charge is 0.212 e. The number of Topliss-reactive ketones (excluding diaryl/α,β-unsaturated/α-hetero) is 2. The molecular formula is C23H22FNO3. The van der Waals surface area contributed by atoms with E-state index >= 15 is 0 Å². The van der Waals surface area contributed by atoms with Gasteiger partial charge in [-0.2, -0.15) is 4.39 Å². The van der Waals surface area contributed by atoms with Crippen LogP contribution >= 0.6 is 0 Å². The van der Waals surface area contributed by atoms with Crippen molar-refractivity contribution in [2.24, 2.45) is 11.8 Å². The molecule has 0 radical (unpaired) electrons. The highest BCUT2D eigenvalue weighted by molar-refractivity contribution is 6.17. The number of ketones is 2. The Morgan fingerprint density at radius 2 is 1.71 bits per heavy atom. The Bertz CT molecular complexity index is 976. The highest BCUT2D eigenvalue weighted by Gasteiger charge is 2.66. The van der Waals surface area contributed by atoms with Crippen LogP contribution in [0.5, 0.6) is 0 Å². The highest BCUT2D eigenvalue weighted by atomic mass is 19.1. The number of aromatic nitrogens is 1. The summed E-state index contributed by atoms with van der Waals surface area (Å²) in [6.07, 6.45) is 1.63. The van der Waals surface area contributed by atoms with Gasteiger partial charge in [0.15, 0.2) is 11.6 Å². The van der Waals surface area contributed by atoms with Crippen LogP contribution in [0.25, 0.3) is 0 Å². The molecule has 1 aromatic heterocycles. The summed E-state index contributed by atoms with van der Waals surface area (Å²) in [4.78, 5) is 30.5. The van der Waals surface area contributed by atoms with Gasteiger partial charge in [0.25, 0.3) is 0 Å². The number of halogens is 1. The second-order valence-electron chi connectivity index (χ2n) is 8.50. The summed E-state index contributed by atoms with van der Waals surface area (Å²) in [5.41, 5.74) is 4.87. The summed E-state index contributed by atoms with van der Waals surface area (Å²) in [5.74, 6) is -2.00. The maximum absolute atomic E-state index is 13.4. The molecule has 0 spiro atoms. The molecule has 3 fully saturated rings. The molecule has 1 saturated carbocycles. The Kier molecular flexibility index (Phi) is 3.82. The van der Waals surface area contributed by atoms with Crippen molar-refractivity contribution in [2.75, 3.05) is 0 Å². The van der Waals surface area contributed by atoms with E-state index in [4.69, 9.17) is 4.74 Å². The number of ether oxygens (including phenoxy) is 1. The minimum atomic E-state index is -0.686. The first-order valence-electron chi connectivity index (χ1n) is 9.79. The van der Waals surface area contributed by atoms with Crippen LogP contribution in [-0.2, 0) is 14.3 Å². The van der Waals surface area contributed by atoms with E-state index < -0.39 is 17.8 Å². The summed E-state index contributed by atoms with van der Waals surface area (Å²) < 4.78 is 19.3. The maximum Gasteiger partial charge on any atom is 0.212 e. The number of rotatable bonds is 2. The van der Waals surface area contributed by atoms with Crippen molar-refractivity contribution in [3.8, 4) is 0 Å². The third kappa shape index (κ3) is 2.35. The molecule has 0 amide bonds. The van der Waals surface area contributed by atoms with E-state index in [0.29, 0.717) is 6.42 Å². The summed E-state index contributed by atoms with van der Waals surface area (Å²) in [5, 5.41) is 0. The van der Waals surface area contributed by atoms with Gasteiger partial charge in [-0.25, -0.2) is 4.98 Å². The van der Waals surface area contributed by atoms with Gasteiger partial charge in [0, 0.05) is 12.1 Å². The van der Waals surface area contributed by atoms with E-state index in [2.05, 4.69) is 4.98 Å². The van der Waals surface area contributed by atoms with Gasteiger partial charge in [-0.1, -0.05) is 23.8 Å². The number of hydrogen-bond acceptors (Lipinski definition) is 4. The van der Waals surface area contributed by atoms with E-state index in [0.717, 1.165) is 27.8 Å². The molecule has 28 heavy (non-hydrogen) atoms. The molecule has 2 aliphatic heterocycles. The fourth-order valence-electron chi connectivity index (χ4n) is 5.83. The van der Waals surface area contributed by atoms with E-state index in [9.17, 15) is 14.0 Å². The summed E-state index contributed by atoms with van der Waals surface area (Å²) in [6.45, 7) is 5.97. The van der Waals surface area contributed by atoms with Crippen molar-refractivity contribution in [1.82, 2.24) is 4.98 Å². The number of aryl methyl sites for hydroxylation is 3. The molecule has 144 valence electrons. The summed E-state index contributed by atoms with van der Waals surface area (Å²) in [7, 11) is 0. The normalized spacial score (nSPS) is 33.6. The van der Waals surface area contributed by atoms with Gasteiger partial charge in [-0.3, -0.25) is 9.59 Å². The molecule has 4 nitrogen and oxygen atoms in total. The number of benzene rings is 1. The molecule has 3 aliphatic rings. The lowest BCUT2D eigenvalue weighted by Gasteiger charge is -2.26. The van der Waals surface area contributed by atoms with Crippen LogP contribution < -0.4 is 0 Å². The molecular weight excluding hydrogens is 357 g/mol. The molecule has 1 aromatic carbocycles. The second-order valence-corrected chi connectivity index (χ2v) is 8.50. The van der Waals surface area contributed by atoms with Crippen molar-refractivity contribution in [3.63, 3.8) is 0 Å². The number of fused-ring (bicyclic) bond motifs is 5. The topological polar surface area (TPSA) is 56.3 Å². The molecule has 1 unspecified atom stereocenters. The Hall–Kier alpha value is -2.40. The van der Waals surface area contributed by atoms with Crippen LogP contribution in [0.3, 0.4) is 0 Å². The SMILES string of the molecule is Cc1cc(C)c(C2C(=O)[C@@H]3[C@@H]4O[C@@H](C[C@H]4c4ccc(F)nc4)[C@@H]3C2=O)c(C)c1. The van der Waals surface area contributed by atoms with Gasteiger partial charge in [0.2, 0.25) is 5.95 Å². The van der Waals surface area contributed by atoms with Crippen LogP contribution in [0.15, 0.2) is 30.5 Å². The van der Waals surface area contributed by atoms with Crippen molar-refractivity contribution in [2.45, 2.75) is 51.2 Å². The number of pyridine rings is 1. The number of nitrogens with zero attached hydrogens (tertiary/aromatic N) is 1. The minimum Gasteiger partial charge on any atom is -0.373 e. The van der Waals surface area contributed by atoms with E-state index in [1.807, 2.05) is 32.9 Å². The molecule has 3 heterocycles. The Labute approximate surface area is 163 Å². The van der Waals surface area contributed by atoms with Crippen molar-refractivity contribution in [3.05, 3.63) is 64.2 Å². The van der Waals surface area contributed by atoms with Gasteiger partial charge in [0.1, 0.15) is 5.92 Å². The zero-order chi connectivity index (χ0) is 19.7. The zero-order valence-electron chi connectivity index (χ0n) is 16.1. The van der Waals surface area contributed by atoms with Crippen LogP contribution in [-0.4, -0.2) is 28.8 Å². The van der Waals surface area contributed by atoms with Crippen LogP contribution in [0.2, 0.25) is 0 Å². The third-order valence-electron chi connectivity index (χ3n) is 6.79. The molecule has 0 N–H and O–H groups in total. The second kappa shape index (κ2) is 6.05. The van der Waals surface area contributed by atoms with Crippen LogP contribution in [0, 0.1) is 38.6 Å². The van der Waals surface area contributed by atoms with E-state index in [-0.39, 0.29) is 35.6 Å². The lowest BCUT2D eigenvalue weighted by atomic mass is 9.73. The molecule has 2 bridgehead atoms. The molecule has 1 aliphatic carbocycles. The van der Waals surface area contributed by atoms with Gasteiger partial charge < -0.3 is 4.74 Å². The standard InChI is InChI=1S/C23H22FNO3/c1-10-6-11(2)17(12(3)7-10)19-21(26)18-15-8-14(13-4-5-16(24)25-9-13)23(28-15)20(18)22(19)27/h4-7,9,14-15,18-20,23H,8H2,1-3H3/t14-,15-,18-,19?,20+,23+/m0/s1. The first kappa shape index (κ1) is 17.7. The van der Waals surface area contributed by atoms with Crippen LogP contribution in [0.1, 0.15) is 46.1 Å². The average molecular weight is 379 g/mol. The summed E-state index contributed by atoms with van der Waals surface area (Å²) >= 11 is 0. The molecule has 5 heteroatoms. The van der Waals surface area contributed by atoms with Crippen molar-refractivity contribution in [1.29, 1.82) is 0 Å².